The van der Waals surface area contributed by atoms with Crippen LogP contribution in [0.1, 0.15) is 62.5 Å². The fourth-order valence-corrected chi connectivity index (χ4v) is 6.21. The van der Waals surface area contributed by atoms with Crippen molar-refractivity contribution in [2.75, 3.05) is 6.54 Å². The second kappa shape index (κ2) is 8.04. The van der Waals surface area contributed by atoms with E-state index >= 15 is 0 Å². The van der Waals surface area contributed by atoms with Crippen LogP contribution in [0.2, 0.25) is 11.6 Å². The van der Waals surface area contributed by atoms with Crippen LogP contribution in [-0.4, -0.2) is 19.5 Å². The minimum atomic E-state index is -0.394. The van der Waals surface area contributed by atoms with Gasteiger partial charge in [0.15, 0.2) is 0 Å². The highest BCUT2D eigenvalue weighted by molar-refractivity contribution is 6.56. The predicted molar refractivity (Wildman–Crippen MR) is 117 cm³/mol. The van der Waals surface area contributed by atoms with E-state index in [1.807, 2.05) is 0 Å². The van der Waals surface area contributed by atoms with Crippen LogP contribution in [0.3, 0.4) is 0 Å². The molecule has 2 bridgehead atoms. The summed E-state index contributed by atoms with van der Waals surface area (Å²) in [6.45, 7) is 1.48. The molecular formula is C25H32BNO. The van der Waals surface area contributed by atoms with Crippen molar-refractivity contribution in [3.05, 3.63) is 71.8 Å². The Morgan fingerprint density at radius 3 is 1.71 bits per heavy atom. The van der Waals surface area contributed by atoms with E-state index in [4.69, 9.17) is 4.65 Å². The lowest BCUT2D eigenvalue weighted by Crippen LogP contribution is -2.53. The van der Waals surface area contributed by atoms with Gasteiger partial charge in [0.1, 0.15) is 5.60 Å². The molecule has 0 aliphatic carbocycles. The quantitative estimate of drug-likeness (QED) is 0.669. The molecule has 3 heteroatoms. The summed E-state index contributed by atoms with van der Waals surface area (Å²) in [6, 6.07) is 22.4. The molecule has 0 radical (unpaired) electrons. The number of fused-ring (bicyclic) bond motifs is 2. The van der Waals surface area contributed by atoms with Crippen LogP contribution in [0.15, 0.2) is 60.7 Å². The van der Waals surface area contributed by atoms with Crippen LogP contribution < -0.4 is 5.32 Å². The molecule has 0 unspecified atom stereocenters. The topological polar surface area (TPSA) is 21.3 Å². The first-order chi connectivity index (χ1) is 13.9. The lowest BCUT2D eigenvalue weighted by atomic mass is 9.37. The summed E-state index contributed by atoms with van der Waals surface area (Å²) in [4.78, 5) is 0. The van der Waals surface area contributed by atoms with Gasteiger partial charge in [0, 0.05) is 6.04 Å². The first-order valence-electron chi connectivity index (χ1n) is 11.4. The smallest absolute Gasteiger partial charge is 0.301 e. The average Bonchev–Trinajstić information content (AvgIpc) is 3.28. The molecule has 0 spiro atoms. The molecule has 2 aromatic rings. The van der Waals surface area contributed by atoms with Gasteiger partial charge < -0.3 is 9.97 Å². The summed E-state index contributed by atoms with van der Waals surface area (Å²) in [5.74, 6) is 1.47. The standard InChI is InChI=1S/C25H32BNO/c1-3-10-20(11-4-1)25(24-18-9-19-27-24,21-12-5-2-6-13-21)28-26-22-14-7-15-23(26)17-8-16-22/h1-6,10-13,22-24,27H,7-9,14-19H2/t22?,23?,24-/m0/s1. The van der Waals surface area contributed by atoms with Gasteiger partial charge in [-0.25, -0.2) is 0 Å². The Hall–Kier alpha value is -1.58. The summed E-state index contributed by atoms with van der Waals surface area (Å²) in [5.41, 5.74) is 2.22. The molecule has 0 amide bonds. The van der Waals surface area contributed by atoms with Crippen LogP contribution in [0.5, 0.6) is 0 Å². The third kappa shape index (κ3) is 3.23. The van der Waals surface area contributed by atoms with Crippen LogP contribution in [0.25, 0.3) is 0 Å². The van der Waals surface area contributed by atoms with Crippen molar-refractivity contribution >= 4 is 6.92 Å². The lowest BCUT2D eigenvalue weighted by molar-refractivity contribution is 0.0574. The summed E-state index contributed by atoms with van der Waals surface area (Å²) >= 11 is 0. The molecule has 3 heterocycles. The van der Waals surface area contributed by atoms with Gasteiger partial charge in [-0.2, -0.15) is 0 Å². The molecule has 3 saturated heterocycles. The van der Waals surface area contributed by atoms with Crippen molar-refractivity contribution in [2.45, 2.75) is 74.6 Å². The van der Waals surface area contributed by atoms with Crippen LogP contribution >= 0.6 is 0 Å². The fraction of sp³-hybridized carbons (Fsp3) is 0.520. The molecule has 3 aliphatic heterocycles. The first-order valence-corrected chi connectivity index (χ1v) is 11.4. The zero-order valence-corrected chi connectivity index (χ0v) is 16.9. The van der Waals surface area contributed by atoms with Crippen molar-refractivity contribution in [3.63, 3.8) is 0 Å². The lowest BCUT2D eigenvalue weighted by Gasteiger charge is -2.48. The van der Waals surface area contributed by atoms with E-state index in [1.54, 1.807) is 0 Å². The van der Waals surface area contributed by atoms with Gasteiger partial charge in [0.2, 0.25) is 0 Å². The van der Waals surface area contributed by atoms with Crippen molar-refractivity contribution in [1.29, 1.82) is 0 Å². The predicted octanol–water partition coefficient (Wildman–Crippen LogP) is 5.80. The Morgan fingerprint density at radius 1 is 0.714 bits per heavy atom. The van der Waals surface area contributed by atoms with Gasteiger partial charge in [-0.3, -0.25) is 0 Å². The molecular weight excluding hydrogens is 341 g/mol. The van der Waals surface area contributed by atoms with E-state index < -0.39 is 5.60 Å². The summed E-state index contributed by atoms with van der Waals surface area (Å²) in [7, 11) is 0. The maximum Gasteiger partial charge on any atom is 0.301 e. The third-order valence-corrected chi connectivity index (χ3v) is 7.51. The fourth-order valence-electron chi connectivity index (χ4n) is 6.21. The molecule has 0 aromatic heterocycles. The summed E-state index contributed by atoms with van der Waals surface area (Å²) in [6.07, 6.45) is 10.6. The molecule has 28 heavy (non-hydrogen) atoms. The number of benzene rings is 2. The molecule has 3 aliphatic rings. The molecule has 1 atom stereocenters. The van der Waals surface area contributed by atoms with Gasteiger partial charge in [0.25, 0.3) is 0 Å². The maximum atomic E-state index is 7.44. The molecule has 1 N–H and O–H groups in total. The molecule has 5 rings (SSSR count). The van der Waals surface area contributed by atoms with E-state index in [-0.39, 0.29) is 0 Å². The Morgan fingerprint density at radius 2 is 1.25 bits per heavy atom. The number of hydrogen-bond acceptors (Lipinski definition) is 2. The Kier molecular flexibility index (Phi) is 5.30. The maximum absolute atomic E-state index is 7.44. The van der Waals surface area contributed by atoms with Crippen molar-refractivity contribution in [2.24, 2.45) is 0 Å². The average molecular weight is 373 g/mol. The Bertz CT molecular complexity index is 697. The summed E-state index contributed by atoms with van der Waals surface area (Å²) in [5, 5.41) is 3.82. The molecule has 2 nitrogen and oxygen atoms in total. The second-order valence-electron chi connectivity index (χ2n) is 9.08. The number of nitrogens with one attached hydrogen (secondary N) is 1. The number of hydrogen-bond donors (Lipinski definition) is 1. The van der Waals surface area contributed by atoms with E-state index in [1.165, 1.54) is 62.5 Å². The zero-order valence-electron chi connectivity index (χ0n) is 16.9. The Balaban J connectivity index is 1.63. The Labute approximate surface area is 170 Å². The highest BCUT2D eigenvalue weighted by atomic mass is 16.5. The van der Waals surface area contributed by atoms with Crippen LogP contribution in [0, 0.1) is 0 Å². The SMILES string of the molecule is c1ccc(C(OB2C3CCCC2CCC3)(c2ccccc2)[C@@H]2CCCN2)cc1. The van der Waals surface area contributed by atoms with Gasteiger partial charge in [-0.05, 0) is 42.1 Å². The second-order valence-corrected chi connectivity index (χ2v) is 9.08. The van der Waals surface area contributed by atoms with E-state index in [2.05, 4.69) is 66.0 Å². The van der Waals surface area contributed by atoms with E-state index in [9.17, 15) is 0 Å². The summed E-state index contributed by atoms with van der Waals surface area (Å²) < 4.78 is 7.44. The van der Waals surface area contributed by atoms with Crippen molar-refractivity contribution in [3.8, 4) is 0 Å². The van der Waals surface area contributed by atoms with E-state index in [0.717, 1.165) is 18.2 Å². The van der Waals surface area contributed by atoms with Crippen molar-refractivity contribution < 1.29 is 4.65 Å². The first kappa shape index (κ1) is 18.5. The normalized spacial score (nSPS) is 27.7. The van der Waals surface area contributed by atoms with Crippen LogP contribution in [0.4, 0.5) is 0 Å². The minimum Gasteiger partial charge on any atom is -0.421 e. The van der Waals surface area contributed by atoms with E-state index in [0.29, 0.717) is 13.0 Å². The van der Waals surface area contributed by atoms with Gasteiger partial charge in [0.05, 0.1) is 0 Å². The molecule has 146 valence electrons. The number of rotatable bonds is 5. The van der Waals surface area contributed by atoms with Gasteiger partial charge >= 0.3 is 6.92 Å². The molecule has 3 fully saturated rings. The van der Waals surface area contributed by atoms with Crippen LogP contribution in [-0.2, 0) is 10.3 Å². The third-order valence-electron chi connectivity index (χ3n) is 7.51. The van der Waals surface area contributed by atoms with Crippen molar-refractivity contribution in [1.82, 2.24) is 5.32 Å². The molecule has 0 saturated carbocycles. The largest absolute Gasteiger partial charge is 0.421 e. The highest BCUT2D eigenvalue weighted by Gasteiger charge is 2.51. The minimum absolute atomic E-state index is 0.333. The molecule has 2 aromatic carbocycles. The van der Waals surface area contributed by atoms with Gasteiger partial charge in [-0.1, -0.05) is 99.2 Å². The monoisotopic (exact) mass is 373 g/mol. The zero-order chi connectivity index (χ0) is 18.8. The van der Waals surface area contributed by atoms with Gasteiger partial charge in [-0.15, -0.1) is 0 Å². The highest BCUT2D eigenvalue weighted by Crippen LogP contribution is 2.51.